The van der Waals surface area contributed by atoms with Crippen molar-refractivity contribution in [1.29, 1.82) is 0 Å². The predicted octanol–water partition coefficient (Wildman–Crippen LogP) is 2.24. The molecule has 0 saturated heterocycles. The lowest BCUT2D eigenvalue weighted by Gasteiger charge is -1.92. The van der Waals surface area contributed by atoms with Crippen molar-refractivity contribution in [2.24, 2.45) is 4.99 Å². The van der Waals surface area contributed by atoms with E-state index in [0.717, 1.165) is 0 Å². The minimum atomic E-state index is -0.520. The summed E-state index contributed by atoms with van der Waals surface area (Å²) in [6, 6.07) is 5.77. The molecule has 1 aromatic rings. The second-order valence-electron chi connectivity index (χ2n) is 2.72. The number of aliphatic imine (C=N–C) groups is 1. The number of isothiocyanates is 1. The highest BCUT2D eigenvalue weighted by atomic mass is 32.1. The Morgan fingerprint density at radius 3 is 2.56 bits per heavy atom. The van der Waals surface area contributed by atoms with E-state index in [1.54, 1.807) is 0 Å². The standard InChI is InChI=1S/C10H6N2O3S/c13-10(11-7-16)6-3-8-1-4-9(5-2-8)12(14)15/h1-6H. The summed E-state index contributed by atoms with van der Waals surface area (Å²) >= 11 is 4.26. The zero-order chi connectivity index (χ0) is 12.0. The van der Waals surface area contributed by atoms with Gasteiger partial charge in [0.15, 0.2) is 0 Å². The van der Waals surface area contributed by atoms with Crippen LogP contribution in [0.5, 0.6) is 0 Å². The molecule has 0 unspecified atom stereocenters. The maximum atomic E-state index is 10.9. The fourth-order valence-corrected chi connectivity index (χ4v) is 1.05. The third kappa shape index (κ3) is 3.53. The Labute approximate surface area is 96.3 Å². The van der Waals surface area contributed by atoms with Crippen molar-refractivity contribution in [2.45, 2.75) is 0 Å². The first-order valence-electron chi connectivity index (χ1n) is 4.18. The van der Waals surface area contributed by atoms with Gasteiger partial charge >= 0.3 is 0 Å². The van der Waals surface area contributed by atoms with Crippen LogP contribution in [0.15, 0.2) is 35.3 Å². The summed E-state index contributed by atoms with van der Waals surface area (Å²) in [7, 11) is 0. The molecule has 1 aromatic carbocycles. The molecule has 80 valence electrons. The van der Waals surface area contributed by atoms with Gasteiger partial charge in [0.25, 0.3) is 11.6 Å². The lowest BCUT2D eigenvalue weighted by Crippen LogP contribution is -1.87. The number of non-ortho nitro benzene ring substituents is 1. The Balaban J connectivity index is 2.79. The van der Waals surface area contributed by atoms with Crippen LogP contribution in [0.3, 0.4) is 0 Å². The molecular formula is C10H6N2O3S. The highest BCUT2D eigenvalue weighted by Gasteiger charge is 2.02. The van der Waals surface area contributed by atoms with Crippen molar-refractivity contribution in [2.75, 3.05) is 0 Å². The van der Waals surface area contributed by atoms with Gasteiger partial charge < -0.3 is 0 Å². The van der Waals surface area contributed by atoms with Crippen LogP contribution in [0.4, 0.5) is 5.69 Å². The molecule has 0 bridgehead atoms. The maximum absolute atomic E-state index is 10.9. The molecule has 6 heteroatoms. The number of carbonyl (C=O) groups is 1. The monoisotopic (exact) mass is 234 g/mol. The molecule has 1 rings (SSSR count). The first-order valence-corrected chi connectivity index (χ1v) is 4.58. The van der Waals surface area contributed by atoms with Gasteiger partial charge in [0.05, 0.1) is 10.1 Å². The summed E-state index contributed by atoms with van der Waals surface area (Å²) in [5.74, 6) is -0.520. The Kier molecular flexibility index (Phi) is 4.20. The van der Waals surface area contributed by atoms with E-state index in [1.807, 2.05) is 5.16 Å². The number of nitro groups is 1. The van der Waals surface area contributed by atoms with E-state index in [-0.39, 0.29) is 5.69 Å². The van der Waals surface area contributed by atoms with Crippen molar-refractivity contribution in [3.8, 4) is 0 Å². The topological polar surface area (TPSA) is 72.6 Å². The van der Waals surface area contributed by atoms with Crippen LogP contribution in [0, 0.1) is 10.1 Å². The highest BCUT2D eigenvalue weighted by Crippen LogP contribution is 2.12. The number of amides is 1. The van der Waals surface area contributed by atoms with E-state index in [2.05, 4.69) is 17.2 Å². The predicted molar refractivity (Wildman–Crippen MR) is 62.2 cm³/mol. The smallest absolute Gasteiger partial charge is 0.267 e. The molecule has 0 radical (unpaired) electrons. The van der Waals surface area contributed by atoms with Crippen molar-refractivity contribution in [3.63, 3.8) is 0 Å². The summed E-state index contributed by atoms with van der Waals surface area (Å²) in [4.78, 5) is 24.0. The molecule has 0 aliphatic heterocycles. The van der Waals surface area contributed by atoms with Crippen LogP contribution < -0.4 is 0 Å². The number of hydrogen-bond donors (Lipinski definition) is 0. The molecule has 0 N–H and O–H groups in total. The average Bonchev–Trinajstić information content (AvgIpc) is 2.27. The first kappa shape index (κ1) is 11.9. The fraction of sp³-hybridized carbons (Fsp3) is 0. The number of benzene rings is 1. The molecule has 5 nitrogen and oxygen atoms in total. The van der Waals surface area contributed by atoms with Gasteiger partial charge in [-0.2, -0.15) is 4.99 Å². The van der Waals surface area contributed by atoms with Crippen LogP contribution in [0.1, 0.15) is 5.56 Å². The zero-order valence-corrected chi connectivity index (χ0v) is 8.81. The zero-order valence-electron chi connectivity index (χ0n) is 7.99. The minimum Gasteiger partial charge on any atom is -0.267 e. The summed E-state index contributed by atoms with van der Waals surface area (Å²) in [6.07, 6.45) is 2.70. The lowest BCUT2D eigenvalue weighted by molar-refractivity contribution is -0.384. The molecule has 0 fully saturated rings. The normalized spacial score (nSPS) is 9.75. The van der Waals surface area contributed by atoms with Crippen molar-refractivity contribution >= 4 is 35.0 Å². The summed E-state index contributed by atoms with van der Waals surface area (Å²) in [5, 5.41) is 12.3. The van der Waals surface area contributed by atoms with Gasteiger partial charge in [-0.25, -0.2) is 0 Å². The summed E-state index contributed by atoms with van der Waals surface area (Å²) in [5.41, 5.74) is 0.666. The van der Waals surface area contributed by atoms with Gasteiger partial charge in [0.1, 0.15) is 0 Å². The second kappa shape index (κ2) is 5.65. The number of rotatable bonds is 3. The van der Waals surface area contributed by atoms with Gasteiger partial charge in [-0.1, -0.05) is 0 Å². The molecule has 0 aromatic heterocycles. The molecule has 0 spiro atoms. The third-order valence-electron chi connectivity index (χ3n) is 1.68. The quantitative estimate of drug-likeness (QED) is 0.264. The number of hydrogen-bond acceptors (Lipinski definition) is 4. The van der Waals surface area contributed by atoms with Crippen molar-refractivity contribution in [3.05, 3.63) is 46.0 Å². The Morgan fingerprint density at radius 2 is 2.06 bits per heavy atom. The number of thiocarbonyl (C=S) groups is 1. The molecule has 0 aliphatic rings. The second-order valence-corrected chi connectivity index (χ2v) is 2.91. The number of nitro benzene ring substituents is 1. The van der Waals surface area contributed by atoms with E-state index < -0.39 is 10.8 Å². The summed E-state index contributed by atoms with van der Waals surface area (Å²) in [6.45, 7) is 0. The fourth-order valence-electron chi connectivity index (χ4n) is 0.957. The van der Waals surface area contributed by atoms with Crippen LogP contribution in [-0.4, -0.2) is 16.0 Å². The van der Waals surface area contributed by atoms with Crippen LogP contribution in [0.25, 0.3) is 6.08 Å². The third-order valence-corrected chi connectivity index (χ3v) is 1.77. The van der Waals surface area contributed by atoms with E-state index in [0.29, 0.717) is 5.56 Å². The molecule has 16 heavy (non-hydrogen) atoms. The van der Waals surface area contributed by atoms with Crippen molar-refractivity contribution < 1.29 is 9.72 Å². The van der Waals surface area contributed by atoms with E-state index >= 15 is 0 Å². The van der Waals surface area contributed by atoms with Crippen LogP contribution >= 0.6 is 12.2 Å². The molecule has 0 heterocycles. The van der Waals surface area contributed by atoms with Gasteiger partial charge in [-0.15, -0.1) is 0 Å². The maximum Gasteiger partial charge on any atom is 0.278 e. The SMILES string of the molecule is O=C(C=Cc1ccc([N+](=O)[O-])cc1)N=C=S. The Bertz CT molecular complexity index is 487. The number of nitrogens with zero attached hydrogens (tertiary/aromatic N) is 2. The molecule has 0 saturated carbocycles. The minimum absolute atomic E-state index is 0.000360. The Hall–Kier alpha value is -2.17. The molecule has 0 aliphatic carbocycles. The van der Waals surface area contributed by atoms with E-state index in [1.165, 1.54) is 36.4 Å². The number of carbonyl (C=O) groups excluding carboxylic acids is 1. The average molecular weight is 234 g/mol. The molecule has 0 atom stereocenters. The first-order chi connectivity index (χ1) is 7.63. The largest absolute Gasteiger partial charge is 0.278 e. The van der Waals surface area contributed by atoms with Crippen LogP contribution in [-0.2, 0) is 4.79 Å². The summed E-state index contributed by atoms with van der Waals surface area (Å²) < 4.78 is 0. The lowest BCUT2D eigenvalue weighted by atomic mass is 10.2. The Morgan fingerprint density at radius 1 is 1.44 bits per heavy atom. The van der Waals surface area contributed by atoms with Gasteiger partial charge in [-0.05, 0) is 36.0 Å². The molecule has 1 amide bonds. The van der Waals surface area contributed by atoms with E-state index in [4.69, 9.17) is 0 Å². The van der Waals surface area contributed by atoms with Gasteiger partial charge in [0.2, 0.25) is 0 Å². The van der Waals surface area contributed by atoms with Gasteiger partial charge in [-0.3, -0.25) is 14.9 Å². The van der Waals surface area contributed by atoms with Crippen molar-refractivity contribution in [1.82, 2.24) is 0 Å². The molecular weight excluding hydrogens is 228 g/mol. The highest BCUT2D eigenvalue weighted by molar-refractivity contribution is 7.78. The van der Waals surface area contributed by atoms with Crippen LogP contribution in [0.2, 0.25) is 0 Å². The van der Waals surface area contributed by atoms with Gasteiger partial charge in [0, 0.05) is 18.2 Å². The van der Waals surface area contributed by atoms with E-state index in [9.17, 15) is 14.9 Å².